The Morgan fingerprint density at radius 1 is 0.929 bits per heavy atom. The number of esters is 1. The maximum absolute atomic E-state index is 12.3. The second kappa shape index (κ2) is 8.86. The largest absolute Gasteiger partial charge is 0.507 e. The zero-order valence-corrected chi connectivity index (χ0v) is 15.5. The SMILES string of the molecule is Cc1cccc(C(=O)OCC(=O)Nc2ccccc2Cc2ccccc2)c1O. The highest BCUT2D eigenvalue weighted by Crippen LogP contribution is 2.22. The zero-order valence-electron chi connectivity index (χ0n) is 15.5. The number of ether oxygens (including phenoxy) is 1. The Bertz CT molecular complexity index is 983. The van der Waals surface area contributed by atoms with Gasteiger partial charge in [0.05, 0.1) is 0 Å². The summed E-state index contributed by atoms with van der Waals surface area (Å²) in [6.45, 7) is 1.24. The van der Waals surface area contributed by atoms with Crippen molar-refractivity contribution in [2.75, 3.05) is 11.9 Å². The number of nitrogens with one attached hydrogen (secondary N) is 1. The molecular weight excluding hydrogens is 354 g/mol. The van der Waals surface area contributed by atoms with E-state index < -0.39 is 18.5 Å². The zero-order chi connectivity index (χ0) is 19.9. The number of hydrogen-bond donors (Lipinski definition) is 2. The maximum Gasteiger partial charge on any atom is 0.342 e. The van der Waals surface area contributed by atoms with Crippen molar-refractivity contribution in [3.63, 3.8) is 0 Å². The average Bonchev–Trinajstić information content (AvgIpc) is 2.70. The fraction of sp³-hybridized carbons (Fsp3) is 0.130. The minimum Gasteiger partial charge on any atom is -0.507 e. The van der Waals surface area contributed by atoms with Gasteiger partial charge in [-0.1, -0.05) is 60.7 Å². The lowest BCUT2D eigenvalue weighted by atomic mass is 10.0. The molecule has 0 saturated carbocycles. The molecule has 3 aromatic rings. The van der Waals surface area contributed by atoms with E-state index in [1.165, 1.54) is 6.07 Å². The molecule has 0 unspecified atom stereocenters. The molecule has 3 aromatic carbocycles. The molecule has 5 nitrogen and oxygen atoms in total. The predicted octanol–water partition coefficient (Wildman–Crippen LogP) is 4.09. The van der Waals surface area contributed by atoms with Gasteiger partial charge in [-0.2, -0.15) is 0 Å². The van der Waals surface area contributed by atoms with Gasteiger partial charge in [0.1, 0.15) is 11.3 Å². The number of aryl methyl sites for hydroxylation is 1. The second-order valence-electron chi connectivity index (χ2n) is 6.41. The smallest absolute Gasteiger partial charge is 0.342 e. The van der Waals surface area contributed by atoms with Crippen molar-refractivity contribution in [3.05, 3.63) is 95.1 Å². The molecule has 28 heavy (non-hydrogen) atoms. The van der Waals surface area contributed by atoms with Gasteiger partial charge in [-0.25, -0.2) is 4.79 Å². The summed E-state index contributed by atoms with van der Waals surface area (Å²) in [5, 5.41) is 12.7. The molecule has 0 aliphatic rings. The molecule has 0 spiro atoms. The minimum absolute atomic E-state index is 0.0391. The lowest BCUT2D eigenvalue weighted by Gasteiger charge is -2.12. The van der Waals surface area contributed by atoms with Crippen molar-refractivity contribution < 1.29 is 19.4 Å². The Morgan fingerprint density at radius 3 is 2.43 bits per heavy atom. The third-order valence-electron chi connectivity index (χ3n) is 4.32. The van der Waals surface area contributed by atoms with Crippen LogP contribution in [0.25, 0.3) is 0 Å². The molecule has 0 aliphatic carbocycles. The van der Waals surface area contributed by atoms with Crippen LogP contribution in [0.4, 0.5) is 5.69 Å². The fourth-order valence-electron chi connectivity index (χ4n) is 2.83. The molecule has 0 atom stereocenters. The summed E-state index contributed by atoms with van der Waals surface area (Å²) in [4.78, 5) is 24.4. The van der Waals surface area contributed by atoms with Gasteiger partial charge in [0.15, 0.2) is 6.61 Å². The van der Waals surface area contributed by atoms with Gasteiger partial charge >= 0.3 is 5.97 Å². The van der Waals surface area contributed by atoms with E-state index >= 15 is 0 Å². The molecule has 0 fully saturated rings. The predicted molar refractivity (Wildman–Crippen MR) is 107 cm³/mol. The molecule has 0 saturated heterocycles. The molecule has 0 radical (unpaired) electrons. The Morgan fingerprint density at radius 2 is 1.64 bits per heavy atom. The van der Waals surface area contributed by atoms with Crippen LogP contribution >= 0.6 is 0 Å². The summed E-state index contributed by atoms with van der Waals surface area (Å²) < 4.78 is 5.05. The van der Waals surface area contributed by atoms with E-state index in [-0.39, 0.29) is 11.3 Å². The fourth-order valence-corrected chi connectivity index (χ4v) is 2.83. The molecule has 142 valence electrons. The van der Waals surface area contributed by atoms with Crippen LogP contribution in [0.5, 0.6) is 5.75 Å². The standard InChI is InChI=1S/C23H21NO4/c1-16-8-7-12-19(22(16)26)23(27)28-15-21(25)24-20-13-6-5-11-18(20)14-17-9-3-2-4-10-17/h2-13,26H,14-15H2,1H3,(H,24,25). The molecule has 1 amide bonds. The van der Waals surface area contributed by atoms with E-state index in [4.69, 9.17) is 4.74 Å². The lowest BCUT2D eigenvalue weighted by Crippen LogP contribution is -2.21. The van der Waals surface area contributed by atoms with E-state index in [9.17, 15) is 14.7 Å². The Balaban J connectivity index is 1.62. The summed E-state index contributed by atoms with van der Waals surface area (Å²) >= 11 is 0. The van der Waals surface area contributed by atoms with Crippen molar-refractivity contribution >= 4 is 17.6 Å². The molecule has 0 aliphatic heterocycles. The van der Waals surface area contributed by atoms with E-state index in [0.29, 0.717) is 17.7 Å². The summed E-state index contributed by atoms with van der Waals surface area (Å²) in [6.07, 6.45) is 0.675. The van der Waals surface area contributed by atoms with E-state index in [1.54, 1.807) is 19.1 Å². The van der Waals surface area contributed by atoms with E-state index in [1.807, 2.05) is 54.6 Å². The highest BCUT2D eigenvalue weighted by atomic mass is 16.5. The monoisotopic (exact) mass is 375 g/mol. The molecular formula is C23H21NO4. The molecule has 2 N–H and O–H groups in total. The van der Waals surface area contributed by atoms with Crippen molar-refractivity contribution in [2.24, 2.45) is 0 Å². The van der Waals surface area contributed by atoms with Crippen LogP contribution in [-0.2, 0) is 16.0 Å². The first-order chi connectivity index (χ1) is 13.5. The lowest BCUT2D eigenvalue weighted by molar-refractivity contribution is -0.119. The van der Waals surface area contributed by atoms with Crippen LogP contribution in [0.1, 0.15) is 27.0 Å². The number of rotatable bonds is 6. The van der Waals surface area contributed by atoms with Crippen LogP contribution in [0.2, 0.25) is 0 Å². The van der Waals surface area contributed by atoms with E-state index in [2.05, 4.69) is 5.32 Å². The maximum atomic E-state index is 12.3. The van der Waals surface area contributed by atoms with Gasteiger partial charge in [-0.05, 0) is 42.2 Å². The number of hydrogen-bond acceptors (Lipinski definition) is 4. The van der Waals surface area contributed by atoms with Crippen LogP contribution in [0, 0.1) is 6.92 Å². The summed E-state index contributed by atoms with van der Waals surface area (Å²) in [5.41, 5.74) is 3.37. The number of para-hydroxylation sites is 2. The average molecular weight is 375 g/mol. The van der Waals surface area contributed by atoms with Crippen molar-refractivity contribution in [2.45, 2.75) is 13.3 Å². The topological polar surface area (TPSA) is 75.6 Å². The number of phenols is 1. The first-order valence-electron chi connectivity index (χ1n) is 8.92. The first kappa shape index (κ1) is 19.2. The van der Waals surface area contributed by atoms with Crippen LogP contribution in [-0.4, -0.2) is 23.6 Å². The number of carbonyl (C=O) groups excluding carboxylic acids is 2. The molecule has 3 rings (SSSR count). The Labute approximate surface area is 163 Å². The van der Waals surface area contributed by atoms with Gasteiger partial charge in [0.25, 0.3) is 5.91 Å². The van der Waals surface area contributed by atoms with Gasteiger partial charge < -0.3 is 15.2 Å². The van der Waals surface area contributed by atoms with E-state index in [0.717, 1.165) is 11.1 Å². The Kier molecular flexibility index (Phi) is 6.07. The third-order valence-corrected chi connectivity index (χ3v) is 4.32. The van der Waals surface area contributed by atoms with Crippen molar-refractivity contribution in [3.8, 4) is 5.75 Å². The third kappa shape index (κ3) is 4.76. The number of phenolic OH excluding ortho intramolecular Hbond substituents is 1. The summed E-state index contributed by atoms with van der Waals surface area (Å²) in [5.74, 6) is -1.32. The number of anilines is 1. The molecule has 0 aromatic heterocycles. The summed E-state index contributed by atoms with van der Waals surface area (Å²) in [7, 11) is 0. The highest BCUT2D eigenvalue weighted by molar-refractivity contribution is 5.97. The Hall–Kier alpha value is -3.60. The van der Waals surface area contributed by atoms with Crippen LogP contribution in [0.3, 0.4) is 0 Å². The van der Waals surface area contributed by atoms with Gasteiger partial charge in [-0.15, -0.1) is 0 Å². The molecule has 0 heterocycles. The van der Waals surface area contributed by atoms with Crippen LogP contribution < -0.4 is 5.32 Å². The molecule has 5 heteroatoms. The second-order valence-corrected chi connectivity index (χ2v) is 6.41. The number of aromatic hydroxyl groups is 1. The quantitative estimate of drug-likeness (QED) is 0.637. The normalized spacial score (nSPS) is 10.3. The van der Waals surface area contributed by atoms with Crippen LogP contribution in [0.15, 0.2) is 72.8 Å². The van der Waals surface area contributed by atoms with Gasteiger partial charge in [-0.3, -0.25) is 4.79 Å². The highest BCUT2D eigenvalue weighted by Gasteiger charge is 2.16. The van der Waals surface area contributed by atoms with Crippen molar-refractivity contribution in [1.29, 1.82) is 0 Å². The number of carbonyl (C=O) groups is 2. The minimum atomic E-state index is -0.742. The summed E-state index contributed by atoms with van der Waals surface area (Å²) in [6, 6.07) is 22.2. The van der Waals surface area contributed by atoms with Crippen molar-refractivity contribution in [1.82, 2.24) is 0 Å². The number of benzene rings is 3. The molecule has 0 bridgehead atoms. The number of amides is 1. The first-order valence-corrected chi connectivity index (χ1v) is 8.92. The van der Waals surface area contributed by atoms with Gasteiger partial charge in [0, 0.05) is 5.69 Å². The van der Waals surface area contributed by atoms with Gasteiger partial charge in [0.2, 0.25) is 0 Å².